The highest BCUT2D eigenvalue weighted by Crippen LogP contribution is 2.15. The van der Waals surface area contributed by atoms with Crippen LogP contribution in [0.15, 0.2) is 4.42 Å². The summed E-state index contributed by atoms with van der Waals surface area (Å²) in [6, 6.07) is 0. The molecule has 0 bridgehead atoms. The second kappa shape index (κ2) is 4.61. The van der Waals surface area contributed by atoms with Crippen molar-refractivity contribution >= 4 is 5.97 Å². The molecule has 0 radical (unpaired) electrons. The molecule has 0 aliphatic heterocycles. The zero-order chi connectivity index (χ0) is 12.3. The molecule has 16 heavy (non-hydrogen) atoms. The minimum absolute atomic E-state index is 0.326. The molecule has 0 atom stereocenters. The summed E-state index contributed by atoms with van der Waals surface area (Å²) in [4.78, 5) is 12.7. The van der Waals surface area contributed by atoms with E-state index in [2.05, 4.69) is 10.2 Å². The fourth-order valence-corrected chi connectivity index (χ4v) is 1.06. The molecule has 0 aromatic carbocycles. The number of aromatic nitrogens is 2. The van der Waals surface area contributed by atoms with Gasteiger partial charge in [-0.3, -0.25) is 9.69 Å². The number of hydrogen-bond donors (Lipinski definition) is 1. The van der Waals surface area contributed by atoms with E-state index in [0.717, 1.165) is 0 Å². The molecule has 6 heteroatoms. The first-order chi connectivity index (χ1) is 7.37. The fourth-order valence-electron chi connectivity index (χ4n) is 1.06. The van der Waals surface area contributed by atoms with E-state index in [1.165, 1.54) is 0 Å². The molecule has 1 rings (SSSR count). The van der Waals surface area contributed by atoms with Gasteiger partial charge < -0.3 is 9.52 Å². The molecule has 0 saturated carbocycles. The standard InChI is InChI=1S/C10H17N3O3/c1-5-7-11-12-8(16-7)6-13(4)10(2,3)9(14)15/h5-6H2,1-4H3,(H,14,15). The van der Waals surface area contributed by atoms with E-state index < -0.39 is 11.5 Å². The first-order valence-electron chi connectivity index (χ1n) is 5.13. The molecule has 1 heterocycles. The molecule has 0 spiro atoms. The second-order valence-corrected chi connectivity index (χ2v) is 4.16. The van der Waals surface area contributed by atoms with Crippen LogP contribution in [0, 0.1) is 0 Å². The summed E-state index contributed by atoms with van der Waals surface area (Å²) in [5, 5.41) is 16.7. The quantitative estimate of drug-likeness (QED) is 0.806. The van der Waals surface area contributed by atoms with E-state index in [0.29, 0.717) is 24.7 Å². The van der Waals surface area contributed by atoms with Gasteiger partial charge in [-0.05, 0) is 20.9 Å². The van der Waals surface area contributed by atoms with Gasteiger partial charge in [0, 0.05) is 6.42 Å². The Labute approximate surface area is 94.3 Å². The van der Waals surface area contributed by atoms with Crippen molar-refractivity contribution < 1.29 is 14.3 Å². The Hall–Kier alpha value is -1.43. The lowest BCUT2D eigenvalue weighted by molar-refractivity contribution is -0.149. The van der Waals surface area contributed by atoms with Crippen molar-refractivity contribution in [1.82, 2.24) is 15.1 Å². The van der Waals surface area contributed by atoms with Crippen LogP contribution in [0.3, 0.4) is 0 Å². The Morgan fingerprint density at radius 1 is 1.44 bits per heavy atom. The Morgan fingerprint density at radius 2 is 2.00 bits per heavy atom. The average molecular weight is 227 g/mol. The number of carbonyl (C=O) groups is 1. The fraction of sp³-hybridized carbons (Fsp3) is 0.700. The van der Waals surface area contributed by atoms with Crippen molar-refractivity contribution in [3.05, 3.63) is 11.8 Å². The summed E-state index contributed by atoms with van der Waals surface area (Å²) in [6.07, 6.45) is 0.680. The topological polar surface area (TPSA) is 79.5 Å². The van der Waals surface area contributed by atoms with Gasteiger partial charge in [-0.15, -0.1) is 10.2 Å². The summed E-state index contributed by atoms with van der Waals surface area (Å²) >= 11 is 0. The van der Waals surface area contributed by atoms with Crippen LogP contribution in [-0.4, -0.2) is 38.8 Å². The van der Waals surface area contributed by atoms with Crippen molar-refractivity contribution in [3.63, 3.8) is 0 Å². The van der Waals surface area contributed by atoms with E-state index in [-0.39, 0.29) is 0 Å². The maximum Gasteiger partial charge on any atom is 0.323 e. The van der Waals surface area contributed by atoms with Crippen LogP contribution in [-0.2, 0) is 17.8 Å². The van der Waals surface area contributed by atoms with Crippen molar-refractivity contribution in [2.45, 2.75) is 39.3 Å². The zero-order valence-electron chi connectivity index (χ0n) is 10.0. The van der Waals surface area contributed by atoms with Crippen molar-refractivity contribution in [2.75, 3.05) is 7.05 Å². The van der Waals surface area contributed by atoms with Crippen LogP contribution in [0.1, 0.15) is 32.6 Å². The summed E-state index contributed by atoms with van der Waals surface area (Å²) < 4.78 is 5.32. The Bertz CT molecular complexity index is 373. The molecule has 1 N–H and O–H groups in total. The van der Waals surface area contributed by atoms with Gasteiger partial charge >= 0.3 is 5.97 Å². The van der Waals surface area contributed by atoms with Crippen LogP contribution in [0.5, 0.6) is 0 Å². The number of nitrogens with zero attached hydrogens (tertiary/aromatic N) is 3. The van der Waals surface area contributed by atoms with Gasteiger partial charge in [0.05, 0.1) is 6.54 Å². The number of hydrogen-bond acceptors (Lipinski definition) is 5. The van der Waals surface area contributed by atoms with Gasteiger partial charge in [0.2, 0.25) is 11.8 Å². The largest absolute Gasteiger partial charge is 0.480 e. The summed E-state index contributed by atoms with van der Waals surface area (Å²) in [7, 11) is 1.71. The zero-order valence-corrected chi connectivity index (χ0v) is 10.0. The lowest BCUT2D eigenvalue weighted by Gasteiger charge is -2.29. The summed E-state index contributed by atoms with van der Waals surface area (Å²) in [5.74, 6) is 0.121. The highest BCUT2D eigenvalue weighted by atomic mass is 16.4. The Kier molecular flexibility index (Phi) is 3.64. The third-order valence-corrected chi connectivity index (χ3v) is 2.66. The minimum Gasteiger partial charge on any atom is -0.480 e. The Morgan fingerprint density at radius 3 is 2.44 bits per heavy atom. The number of carboxylic acids is 1. The molecule has 0 saturated heterocycles. The maximum atomic E-state index is 11.0. The van der Waals surface area contributed by atoms with Crippen LogP contribution < -0.4 is 0 Å². The molecule has 0 amide bonds. The SMILES string of the molecule is CCc1nnc(CN(C)C(C)(C)C(=O)O)o1. The van der Waals surface area contributed by atoms with E-state index in [1.807, 2.05) is 6.92 Å². The van der Waals surface area contributed by atoms with Gasteiger partial charge in [-0.1, -0.05) is 6.92 Å². The Balaban J connectivity index is 2.70. The number of carboxylic acid groups (broad SMARTS) is 1. The van der Waals surface area contributed by atoms with E-state index in [1.54, 1.807) is 25.8 Å². The van der Waals surface area contributed by atoms with E-state index in [4.69, 9.17) is 9.52 Å². The molecular formula is C10H17N3O3. The smallest absolute Gasteiger partial charge is 0.323 e. The van der Waals surface area contributed by atoms with Gasteiger partial charge in [0.15, 0.2) is 0 Å². The molecule has 1 aromatic rings. The first kappa shape index (κ1) is 12.6. The third kappa shape index (κ3) is 2.57. The van der Waals surface area contributed by atoms with Crippen LogP contribution in [0.4, 0.5) is 0 Å². The number of aryl methyl sites for hydroxylation is 1. The van der Waals surface area contributed by atoms with Gasteiger partial charge in [0.25, 0.3) is 0 Å². The van der Waals surface area contributed by atoms with Crippen molar-refractivity contribution in [2.24, 2.45) is 0 Å². The molecular weight excluding hydrogens is 210 g/mol. The van der Waals surface area contributed by atoms with Crippen LogP contribution in [0.25, 0.3) is 0 Å². The average Bonchev–Trinajstić information content (AvgIpc) is 2.65. The summed E-state index contributed by atoms with van der Waals surface area (Å²) in [5.41, 5.74) is -0.957. The number of likely N-dealkylation sites (N-methyl/N-ethyl adjacent to an activating group) is 1. The number of rotatable bonds is 5. The van der Waals surface area contributed by atoms with Crippen LogP contribution >= 0.6 is 0 Å². The lowest BCUT2D eigenvalue weighted by atomic mass is 10.0. The summed E-state index contributed by atoms with van der Waals surface area (Å²) in [6.45, 7) is 5.51. The minimum atomic E-state index is -0.957. The molecule has 90 valence electrons. The molecule has 0 aliphatic rings. The molecule has 0 aliphatic carbocycles. The molecule has 0 unspecified atom stereocenters. The van der Waals surface area contributed by atoms with Crippen molar-refractivity contribution in [1.29, 1.82) is 0 Å². The predicted octanol–water partition coefficient (Wildman–Crippen LogP) is 0.927. The van der Waals surface area contributed by atoms with E-state index in [9.17, 15) is 4.79 Å². The monoisotopic (exact) mass is 227 g/mol. The third-order valence-electron chi connectivity index (χ3n) is 2.66. The second-order valence-electron chi connectivity index (χ2n) is 4.16. The van der Waals surface area contributed by atoms with E-state index >= 15 is 0 Å². The van der Waals surface area contributed by atoms with Gasteiger partial charge in [-0.2, -0.15) is 0 Å². The number of aliphatic carboxylic acids is 1. The normalized spacial score (nSPS) is 12.1. The van der Waals surface area contributed by atoms with Gasteiger partial charge in [0.1, 0.15) is 5.54 Å². The highest BCUT2D eigenvalue weighted by molar-refractivity contribution is 5.77. The molecule has 6 nitrogen and oxygen atoms in total. The highest BCUT2D eigenvalue weighted by Gasteiger charge is 2.32. The predicted molar refractivity (Wildman–Crippen MR) is 56.9 cm³/mol. The molecule has 0 fully saturated rings. The van der Waals surface area contributed by atoms with Gasteiger partial charge in [-0.25, -0.2) is 0 Å². The van der Waals surface area contributed by atoms with Crippen molar-refractivity contribution in [3.8, 4) is 0 Å². The van der Waals surface area contributed by atoms with Crippen LogP contribution in [0.2, 0.25) is 0 Å². The maximum absolute atomic E-state index is 11.0. The first-order valence-corrected chi connectivity index (χ1v) is 5.13. The molecule has 1 aromatic heterocycles. The lowest BCUT2D eigenvalue weighted by Crippen LogP contribution is -2.47.